The average molecular weight is 338 g/mol. The topological polar surface area (TPSA) is 38.3 Å². The molecular weight excluding hydrogens is 327 g/mol. The predicted molar refractivity (Wildman–Crippen MR) is 68.5 cm³/mol. The molecule has 0 saturated carbocycles. The Labute approximate surface area is 116 Å². The molecule has 0 heterocycles. The first-order valence-electron chi connectivity index (χ1n) is 5.31. The molecular formula is C12H11BrF3NO2. The van der Waals surface area contributed by atoms with E-state index in [1.165, 1.54) is 19.1 Å². The van der Waals surface area contributed by atoms with Crippen molar-refractivity contribution in [2.45, 2.75) is 13.1 Å². The fourth-order valence-corrected chi connectivity index (χ4v) is 1.61. The number of carbonyl (C=O) groups excluding carboxylic acids is 1. The zero-order chi connectivity index (χ0) is 14.5. The number of benzene rings is 1. The maximum Gasteiger partial charge on any atom is 0.431 e. The average Bonchev–Trinajstić information content (AvgIpc) is 2.27. The van der Waals surface area contributed by atoms with Gasteiger partial charge in [0.1, 0.15) is 5.70 Å². The van der Waals surface area contributed by atoms with E-state index in [0.29, 0.717) is 10.5 Å². The number of hydrogen-bond donors (Lipinski definition) is 1. The van der Waals surface area contributed by atoms with Gasteiger partial charge in [0.15, 0.2) is 0 Å². The number of hydrogen-bond acceptors (Lipinski definition) is 3. The second-order valence-corrected chi connectivity index (χ2v) is 4.36. The van der Waals surface area contributed by atoms with Crippen LogP contribution >= 0.6 is 15.9 Å². The summed E-state index contributed by atoms with van der Waals surface area (Å²) in [6.45, 7) is 1.53. The summed E-state index contributed by atoms with van der Waals surface area (Å²) in [6.07, 6.45) is -4.28. The van der Waals surface area contributed by atoms with E-state index in [1.54, 1.807) is 12.1 Å². The number of esters is 1. The maximum atomic E-state index is 12.8. The molecule has 0 fully saturated rings. The Morgan fingerprint density at radius 2 is 2.16 bits per heavy atom. The quantitative estimate of drug-likeness (QED) is 0.669. The van der Waals surface area contributed by atoms with Gasteiger partial charge in [-0.3, -0.25) is 0 Å². The minimum absolute atomic E-state index is 0.0113. The van der Waals surface area contributed by atoms with Crippen molar-refractivity contribution >= 4 is 27.6 Å². The minimum atomic E-state index is -4.67. The number of nitrogens with one attached hydrogen (secondary N) is 1. The molecule has 1 rings (SSSR count). The molecule has 0 bridgehead atoms. The van der Waals surface area contributed by atoms with Crippen molar-refractivity contribution in [3.8, 4) is 0 Å². The Bertz CT molecular complexity index is 486. The third-order valence-electron chi connectivity index (χ3n) is 1.96. The van der Waals surface area contributed by atoms with Gasteiger partial charge in [0, 0.05) is 10.2 Å². The molecule has 7 heteroatoms. The van der Waals surface area contributed by atoms with Crippen LogP contribution in [0, 0.1) is 0 Å². The highest BCUT2D eigenvalue weighted by Crippen LogP contribution is 2.28. The third-order valence-corrected chi connectivity index (χ3v) is 2.45. The molecule has 1 aromatic rings. The molecule has 0 radical (unpaired) electrons. The highest BCUT2D eigenvalue weighted by Gasteiger charge is 2.35. The summed E-state index contributed by atoms with van der Waals surface area (Å²) in [5.41, 5.74) is -0.966. The highest BCUT2D eigenvalue weighted by molar-refractivity contribution is 9.10. The Morgan fingerprint density at radius 1 is 1.47 bits per heavy atom. The summed E-state index contributed by atoms with van der Waals surface area (Å²) in [5, 5.41) is 2.15. The molecule has 0 aliphatic heterocycles. The van der Waals surface area contributed by atoms with E-state index >= 15 is 0 Å². The van der Waals surface area contributed by atoms with Crippen molar-refractivity contribution in [3.63, 3.8) is 0 Å². The summed E-state index contributed by atoms with van der Waals surface area (Å²) in [5.74, 6) is -1.04. The van der Waals surface area contributed by atoms with Crippen molar-refractivity contribution in [1.82, 2.24) is 0 Å². The van der Waals surface area contributed by atoms with Gasteiger partial charge in [-0.05, 0) is 25.1 Å². The molecule has 1 aromatic carbocycles. The van der Waals surface area contributed by atoms with Crippen molar-refractivity contribution < 1.29 is 22.7 Å². The Balaban J connectivity index is 2.96. The van der Waals surface area contributed by atoms with Crippen LogP contribution in [-0.4, -0.2) is 18.8 Å². The van der Waals surface area contributed by atoms with E-state index in [4.69, 9.17) is 0 Å². The van der Waals surface area contributed by atoms with Gasteiger partial charge >= 0.3 is 12.1 Å². The second kappa shape index (κ2) is 6.60. The summed E-state index contributed by atoms with van der Waals surface area (Å²) >= 11 is 3.15. The number of rotatable bonds is 4. The normalized spacial score (nSPS) is 12.2. The Hall–Kier alpha value is -1.50. The van der Waals surface area contributed by atoms with Gasteiger partial charge in [-0.2, -0.15) is 13.2 Å². The molecule has 0 unspecified atom stereocenters. The molecule has 104 valence electrons. The van der Waals surface area contributed by atoms with Crippen molar-refractivity contribution in [2.24, 2.45) is 0 Å². The van der Waals surface area contributed by atoms with Crippen LogP contribution in [-0.2, 0) is 9.53 Å². The third kappa shape index (κ3) is 5.34. The lowest BCUT2D eigenvalue weighted by molar-refractivity contribution is -0.138. The molecule has 0 saturated heterocycles. The van der Waals surface area contributed by atoms with Crippen LogP contribution < -0.4 is 5.32 Å². The fraction of sp³-hybridized carbons (Fsp3) is 0.250. The van der Waals surface area contributed by atoms with Crippen molar-refractivity contribution in [2.75, 3.05) is 11.9 Å². The first-order valence-corrected chi connectivity index (χ1v) is 6.10. The summed E-state index contributed by atoms with van der Waals surface area (Å²) in [7, 11) is 0. The molecule has 0 aliphatic carbocycles. The molecule has 0 atom stereocenters. The van der Waals surface area contributed by atoms with Crippen LogP contribution in [0.5, 0.6) is 0 Å². The first-order chi connectivity index (χ1) is 8.82. The largest absolute Gasteiger partial charge is 0.463 e. The second-order valence-electron chi connectivity index (χ2n) is 3.44. The Morgan fingerprint density at radius 3 is 2.68 bits per heavy atom. The lowest BCUT2D eigenvalue weighted by Crippen LogP contribution is -2.21. The highest BCUT2D eigenvalue weighted by atomic mass is 79.9. The summed E-state index contributed by atoms with van der Waals surface area (Å²) in [6, 6.07) is 6.17. The van der Waals surface area contributed by atoms with Gasteiger partial charge < -0.3 is 10.1 Å². The van der Waals surface area contributed by atoms with Crippen LogP contribution in [0.2, 0.25) is 0 Å². The van der Waals surface area contributed by atoms with Crippen LogP contribution in [0.4, 0.5) is 18.9 Å². The van der Waals surface area contributed by atoms with Gasteiger partial charge in [0.2, 0.25) is 0 Å². The van der Waals surface area contributed by atoms with Crippen molar-refractivity contribution in [3.05, 3.63) is 40.5 Å². The van der Waals surface area contributed by atoms with Gasteiger partial charge in [-0.25, -0.2) is 4.79 Å². The number of alkyl halides is 3. The van der Waals surface area contributed by atoms with Gasteiger partial charge in [0.25, 0.3) is 0 Å². The maximum absolute atomic E-state index is 12.8. The van der Waals surface area contributed by atoms with E-state index in [2.05, 4.69) is 26.0 Å². The molecule has 3 nitrogen and oxygen atoms in total. The SMILES string of the molecule is CCOC(=O)C=C(Nc1cccc(Br)c1)C(F)(F)F. The fourth-order valence-electron chi connectivity index (χ4n) is 1.21. The molecule has 19 heavy (non-hydrogen) atoms. The minimum Gasteiger partial charge on any atom is -0.463 e. The number of allylic oxidation sites excluding steroid dienone is 1. The van der Waals surface area contributed by atoms with E-state index < -0.39 is 17.8 Å². The smallest absolute Gasteiger partial charge is 0.431 e. The molecule has 0 amide bonds. The lowest BCUT2D eigenvalue weighted by atomic mass is 10.3. The van der Waals surface area contributed by atoms with E-state index in [-0.39, 0.29) is 12.3 Å². The zero-order valence-electron chi connectivity index (χ0n) is 9.92. The lowest BCUT2D eigenvalue weighted by Gasteiger charge is -2.14. The van der Waals surface area contributed by atoms with Gasteiger partial charge in [0.05, 0.1) is 12.7 Å². The van der Waals surface area contributed by atoms with E-state index in [9.17, 15) is 18.0 Å². The van der Waals surface area contributed by atoms with Crippen LogP contribution in [0.1, 0.15) is 6.92 Å². The van der Waals surface area contributed by atoms with E-state index in [0.717, 1.165) is 0 Å². The molecule has 1 N–H and O–H groups in total. The first kappa shape index (κ1) is 15.6. The van der Waals surface area contributed by atoms with Crippen molar-refractivity contribution in [1.29, 1.82) is 0 Å². The van der Waals surface area contributed by atoms with Gasteiger partial charge in [-0.1, -0.05) is 22.0 Å². The van der Waals surface area contributed by atoms with Crippen LogP contribution in [0.25, 0.3) is 0 Å². The predicted octanol–water partition coefficient (Wildman–Crippen LogP) is 3.87. The summed E-state index contributed by atoms with van der Waals surface area (Å²) in [4.78, 5) is 11.1. The number of anilines is 1. The molecule has 0 aliphatic rings. The zero-order valence-corrected chi connectivity index (χ0v) is 11.5. The van der Waals surface area contributed by atoms with Crippen LogP contribution in [0.3, 0.4) is 0 Å². The number of carbonyl (C=O) groups is 1. The van der Waals surface area contributed by atoms with E-state index in [1.807, 2.05) is 0 Å². The number of halogens is 4. The van der Waals surface area contributed by atoms with Crippen LogP contribution in [0.15, 0.2) is 40.5 Å². The van der Waals surface area contributed by atoms with Gasteiger partial charge in [-0.15, -0.1) is 0 Å². The molecule has 0 spiro atoms. The standard InChI is InChI=1S/C12H11BrF3NO2/c1-2-19-11(18)7-10(12(14,15)16)17-9-5-3-4-8(13)6-9/h3-7,17H,2H2,1H3. The monoisotopic (exact) mass is 337 g/mol. The Kier molecular flexibility index (Phi) is 5.41. The summed E-state index contributed by atoms with van der Waals surface area (Å²) < 4.78 is 43.4. The number of ether oxygens (including phenoxy) is 1. The molecule has 0 aromatic heterocycles.